The monoisotopic (exact) mass is 313 g/mol. The van der Waals surface area contributed by atoms with E-state index in [1.54, 1.807) is 0 Å². The molecule has 0 fully saturated rings. The van der Waals surface area contributed by atoms with E-state index in [4.69, 9.17) is 4.74 Å². The highest BCUT2D eigenvalue weighted by molar-refractivity contribution is 9.10. The molecular formula is C10H5BrFN3O3. The van der Waals surface area contributed by atoms with E-state index in [0.29, 0.717) is 4.47 Å². The lowest BCUT2D eigenvalue weighted by atomic mass is 10.3. The maximum atomic E-state index is 13.5. The molecule has 0 amide bonds. The summed E-state index contributed by atoms with van der Waals surface area (Å²) in [6.45, 7) is 0. The second-order valence-electron chi connectivity index (χ2n) is 3.12. The molecule has 0 unspecified atom stereocenters. The number of nitro groups is 1. The van der Waals surface area contributed by atoms with Crippen LogP contribution in [0.1, 0.15) is 0 Å². The number of para-hydroxylation sites is 1. The lowest BCUT2D eigenvalue weighted by Gasteiger charge is -2.06. The van der Waals surface area contributed by atoms with E-state index in [1.807, 2.05) is 0 Å². The van der Waals surface area contributed by atoms with Gasteiger partial charge in [0.2, 0.25) is 11.6 Å². The van der Waals surface area contributed by atoms with Crippen LogP contribution in [0, 0.1) is 15.9 Å². The first kappa shape index (κ1) is 12.4. The third kappa shape index (κ3) is 2.43. The largest absolute Gasteiger partial charge is 0.427 e. The zero-order valence-corrected chi connectivity index (χ0v) is 10.3. The van der Waals surface area contributed by atoms with E-state index < -0.39 is 22.2 Å². The number of ether oxygens (including phenoxy) is 1. The summed E-state index contributed by atoms with van der Waals surface area (Å²) in [5.74, 6) is -1.32. The number of benzene rings is 1. The summed E-state index contributed by atoms with van der Waals surface area (Å²) in [5, 5.41) is 10.8. The predicted octanol–water partition coefficient (Wildman–Crippen LogP) is 3.08. The smallest absolute Gasteiger partial charge is 0.314 e. The second kappa shape index (κ2) is 5.05. The summed E-state index contributed by atoms with van der Waals surface area (Å²) in [5.41, 5.74) is -0.472. The van der Waals surface area contributed by atoms with Crippen LogP contribution in [-0.2, 0) is 0 Å². The molecule has 0 saturated carbocycles. The lowest BCUT2D eigenvalue weighted by Crippen LogP contribution is -1.98. The molecule has 0 aliphatic rings. The van der Waals surface area contributed by atoms with Gasteiger partial charge in [-0.25, -0.2) is 14.4 Å². The van der Waals surface area contributed by atoms with E-state index >= 15 is 0 Å². The van der Waals surface area contributed by atoms with E-state index in [0.717, 1.165) is 12.1 Å². The number of halogens is 2. The summed E-state index contributed by atoms with van der Waals surface area (Å²) >= 11 is 3.10. The van der Waals surface area contributed by atoms with Crippen LogP contribution >= 0.6 is 15.9 Å². The van der Waals surface area contributed by atoms with E-state index in [-0.39, 0.29) is 5.88 Å². The maximum absolute atomic E-state index is 13.5. The Labute approximate surface area is 109 Å². The molecule has 0 saturated heterocycles. The Morgan fingerprint density at radius 1 is 1.44 bits per heavy atom. The SMILES string of the molecule is O=[N+]([O-])c1cccc(F)c1Oc1ncncc1Br. The van der Waals surface area contributed by atoms with Gasteiger partial charge in [-0.05, 0) is 22.0 Å². The first-order valence-corrected chi connectivity index (χ1v) is 5.45. The number of aromatic nitrogens is 2. The normalized spacial score (nSPS) is 10.1. The predicted molar refractivity (Wildman–Crippen MR) is 62.9 cm³/mol. The topological polar surface area (TPSA) is 78.2 Å². The van der Waals surface area contributed by atoms with Crippen molar-refractivity contribution in [3.63, 3.8) is 0 Å². The molecule has 1 heterocycles. The van der Waals surface area contributed by atoms with Crippen LogP contribution in [0.5, 0.6) is 11.6 Å². The summed E-state index contributed by atoms with van der Waals surface area (Å²) in [6, 6.07) is 3.44. The minimum Gasteiger partial charge on any atom is -0.427 e. The standard InChI is InChI=1S/C10H5BrFN3O3/c11-6-4-13-5-14-10(6)18-9-7(12)2-1-3-8(9)15(16)17/h1-5H. The average Bonchev–Trinajstić information content (AvgIpc) is 2.34. The Morgan fingerprint density at radius 3 is 2.89 bits per heavy atom. The summed E-state index contributed by atoms with van der Waals surface area (Å²) in [7, 11) is 0. The molecule has 6 nitrogen and oxygen atoms in total. The van der Waals surface area contributed by atoms with Crippen LogP contribution in [0.4, 0.5) is 10.1 Å². The molecule has 1 aromatic heterocycles. The minimum absolute atomic E-state index is 0.00167. The van der Waals surface area contributed by atoms with Gasteiger partial charge in [0.15, 0.2) is 5.82 Å². The third-order valence-corrected chi connectivity index (χ3v) is 2.52. The Hall–Kier alpha value is -2.09. The Morgan fingerprint density at radius 2 is 2.22 bits per heavy atom. The van der Waals surface area contributed by atoms with Gasteiger partial charge in [-0.15, -0.1) is 0 Å². The maximum Gasteiger partial charge on any atom is 0.314 e. The first-order valence-electron chi connectivity index (χ1n) is 4.66. The zero-order valence-electron chi connectivity index (χ0n) is 8.71. The molecule has 0 radical (unpaired) electrons. The highest BCUT2D eigenvalue weighted by Gasteiger charge is 2.21. The molecule has 2 aromatic rings. The fourth-order valence-electron chi connectivity index (χ4n) is 1.22. The number of rotatable bonds is 3. The van der Waals surface area contributed by atoms with Gasteiger partial charge in [0.1, 0.15) is 6.33 Å². The van der Waals surface area contributed by atoms with Crippen molar-refractivity contribution in [2.75, 3.05) is 0 Å². The Balaban J connectivity index is 2.46. The number of hydrogen-bond acceptors (Lipinski definition) is 5. The molecule has 8 heteroatoms. The van der Waals surface area contributed by atoms with Gasteiger partial charge < -0.3 is 4.74 Å². The van der Waals surface area contributed by atoms with Crippen LogP contribution in [0.2, 0.25) is 0 Å². The van der Waals surface area contributed by atoms with Crippen LogP contribution < -0.4 is 4.74 Å². The zero-order chi connectivity index (χ0) is 13.1. The van der Waals surface area contributed by atoms with Gasteiger partial charge in [0.05, 0.1) is 9.40 Å². The quantitative estimate of drug-likeness (QED) is 0.642. The number of hydrogen-bond donors (Lipinski definition) is 0. The van der Waals surface area contributed by atoms with Gasteiger partial charge in [0.25, 0.3) is 0 Å². The van der Waals surface area contributed by atoms with Crippen molar-refractivity contribution in [3.05, 3.63) is 51.1 Å². The van der Waals surface area contributed by atoms with Crippen molar-refractivity contribution in [2.24, 2.45) is 0 Å². The Kier molecular flexibility index (Phi) is 3.47. The van der Waals surface area contributed by atoms with Crippen molar-refractivity contribution in [2.45, 2.75) is 0 Å². The van der Waals surface area contributed by atoms with E-state index in [2.05, 4.69) is 25.9 Å². The van der Waals surface area contributed by atoms with Crippen molar-refractivity contribution >= 4 is 21.6 Å². The van der Waals surface area contributed by atoms with Crippen molar-refractivity contribution < 1.29 is 14.1 Å². The van der Waals surface area contributed by atoms with Crippen molar-refractivity contribution in [3.8, 4) is 11.6 Å². The van der Waals surface area contributed by atoms with Crippen LogP contribution in [-0.4, -0.2) is 14.9 Å². The van der Waals surface area contributed by atoms with Crippen LogP contribution in [0.3, 0.4) is 0 Å². The molecule has 0 aliphatic heterocycles. The summed E-state index contributed by atoms with van der Waals surface area (Å²) in [6.07, 6.45) is 2.57. The molecule has 0 bridgehead atoms. The van der Waals surface area contributed by atoms with Gasteiger partial charge in [-0.3, -0.25) is 10.1 Å². The molecule has 0 spiro atoms. The molecule has 18 heavy (non-hydrogen) atoms. The molecule has 0 N–H and O–H groups in total. The lowest BCUT2D eigenvalue weighted by molar-refractivity contribution is -0.385. The molecule has 0 aliphatic carbocycles. The van der Waals surface area contributed by atoms with Crippen LogP contribution in [0.25, 0.3) is 0 Å². The third-order valence-electron chi connectivity index (χ3n) is 1.98. The molecule has 92 valence electrons. The first-order chi connectivity index (χ1) is 8.59. The van der Waals surface area contributed by atoms with Gasteiger partial charge in [0, 0.05) is 12.3 Å². The second-order valence-corrected chi connectivity index (χ2v) is 3.98. The highest BCUT2D eigenvalue weighted by atomic mass is 79.9. The molecule has 2 rings (SSSR count). The Bertz CT molecular complexity index is 609. The minimum atomic E-state index is -0.838. The molecular weight excluding hydrogens is 309 g/mol. The van der Waals surface area contributed by atoms with Crippen LogP contribution in [0.15, 0.2) is 35.2 Å². The average molecular weight is 314 g/mol. The molecule has 0 atom stereocenters. The van der Waals surface area contributed by atoms with E-state index in [9.17, 15) is 14.5 Å². The fourth-order valence-corrected chi connectivity index (χ4v) is 1.52. The van der Waals surface area contributed by atoms with Gasteiger partial charge >= 0.3 is 5.69 Å². The fraction of sp³-hybridized carbons (Fsp3) is 0. The summed E-state index contributed by atoms with van der Waals surface area (Å²) < 4.78 is 19.0. The van der Waals surface area contributed by atoms with Gasteiger partial charge in [-0.1, -0.05) is 6.07 Å². The van der Waals surface area contributed by atoms with E-state index in [1.165, 1.54) is 18.6 Å². The van der Waals surface area contributed by atoms with Gasteiger partial charge in [-0.2, -0.15) is 0 Å². The summed E-state index contributed by atoms with van der Waals surface area (Å²) in [4.78, 5) is 17.5. The number of nitrogens with zero attached hydrogens (tertiary/aromatic N) is 3. The number of nitro benzene ring substituents is 1. The van der Waals surface area contributed by atoms with Crippen molar-refractivity contribution in [1.29, 1.82) is 0 Å². The highest BCUT2D eigenvalue weighted by Crippen LogP contribution is 2.35. The van der Waals surface area contributed by atoms with Crippen molar-refractivity contribution in [1.82, 2.24) is 9.97 Å². The molecule has 1 aromatic carbocycles.